The zero-order valence-corrected chi connectivity index (χ0v) is 36.3. The molecule has 58 heavy (non-hydrogen) atoms. The Kier molecular flexibility index (Phi) is 38.2. The Morgan fingerprint density at radius 3 is 1.28 bits per heavy atom. The Bertz CT molecular complexity index is 1340. The van der Waals surface area contributed by atoms with Crippen LogP contribution in [0.3, 0.4) is 0 Å². The minimum absolute atomic E-state index is 0.157. The first-order valence-corrected chi connectivity index (χ1v) is 21.4. The van der Waals surface area contributed by atoms with Gasteiger partial charge in [0.15, 0.2) is 6.29 Å². The number of carbonyl (C=O) groups is 2. The summed E-state index contributed by atoms with van der Waals surface area (Å²) in [5.74, 6) is -1.92. The van der Waals surface area contributed by atoms with Crippen molar-refractivity contribution in [1.82, 2.24) is 0 Å². The summed E-state index contributed by atoms with van der Waals surface area (Å²) in [6, 6.07) is 0. The molecule has 1 N–H and O–H groups in total. The van der Waals surface area contributed by atoms with Crippen LogP contribution in [0.5, 0.6) is 0 Å². The number of ether oxygens (including phenoxy) is 3. The van der Waals surface area contributed by atoms with E-state index in [1.165, 1.54) is 0 Å². The molecular formula is C50H77NO7. The van der Waals surface area contributed by atoms with Crippen molar-refractivity contribution >= 4 is 11.9 Å². The van der Waals surface area contributed by atoms with E-state index < -0.39 is 24.3 Å². The summed E-state index contributed by atoms with van der Waals surface area (Å²) in [5.41, 5.74) is 0. The van der Waals surface area contributed by atoms with E-state index in [2.05, 4.69) is 141 Å². The lowest BCUT2D eigenvalue weighted by Gasteiger charge is -2.26. The highest BCUT2D eigenvalue weighted by Gasteiger charge is 2.17. The second-order valence-corrected chi connectivity index (χ2v) is 14.8. The minimum atomic E-state index is -1.59. The van der Waals surface area contributed by atoms with Crippen LogP contribution in [-0.2, 0) is 23.8 Å². The Balaban J connectivity index is 3.73. The molecule has 0 bridgehead atoms. The number of hydrogen-bond acceptors (Lipinski definition) is 7. The number of aliphatic hydroxyl groups excluding tert-OH is 1. The van der Waals surface area contributed by atoms with Gasteiger partial charge in [-0.1, -0.05) is 147 Å². The van der Waals surface area contributed by atoms with E-state index in [-0.39, 0.29) is 26.2 Å². The molecule has 8 nitrogen and oxygen atoms in total. The van der Waals surface area contributed by atoms with Gasteiger partial charge >= 0.3 is 5.97 Å². The van der Waals surface area contributed by atoms with Crippen molar-refractivity contribution in [3.63, 3.8) is 0 Å². The van der Waals surface area contributed by atoms with Gasteiger partial charge in [-0.3, -0.25) is 4.79 Å². The van der Waals surface area contributed by atoms with Gasteiger partial charge in [0.2, 0.25) is 0 Å². The van der Waals surface area contributed by atoms with E-state index in [0.29, 0.717) is 17.4 Å². The summed E-state index contributed by atoms with van der Waals surface area (Å²) in [7, 11) is 5.85. The molecule has 0 aromatic heterocycles. The van der Waals surface area contributed by atoms with Crippen molar-refractivity contribution in [2.45, 2.75) is 122 Å². The fourth-order valence-electron chi connectivity index (χ4n) is 4.83. The largest absolute Gasteiger partial charge is 0.545 e. The summed E-state index contributed by atoms with van der Waals surface area (Å²) in [6.45, 7) is 2.27. The Hall–Kier alpha value is -4.08. The fraction of sp³-hybridized carbons (Fsp3) is 0.520. The van der Waals surface area contributed by atoms with Crippen LogP contribution < -0.4 is 5.11 Å². The molecule has 0 saturated heterocycles. The van der Waals surface area contributed by atoms with E-state index in [0.717, 1.165) is 89.9 Å². The smallest absolute Gasteiger partial charge is 0.305 e. The average molecular weight is 804 g/mol. The van der Waals surface area contributed by atoms with Gasteiger partial charge in [-0.2, -0.15) is 0 Å². The molecule has 324 valence electrons. The first kappa shape index (κ1) is 53.9. The van der Waals surface area contributed by atoms with Crippen molar-refractivity contribution in [3.05, 3.63) is 134 Å². The highest BCUT2D eigenvalue weighted by atomic mass is 16.7. The average Bonchev–Trinajstić information content (AvgIpc) is 3.19. The lowest BCUT2D eigenvalue weighted by Crippen LogP contribution is -2.44. The number of aliphatic carboxylic acids is 1. The zero-order valence-electron chi connectivity index (χ0n) is 36.3. The van der Waals surface area contributed by atoms with E-state index in [9.17, 15) is 19.8 Å². The molecule has 2 atom stereocenters. The summed E-state index contributed by atoms with van der Waals surface area (Å²) >= 11 is 0. The fourth-order valence-corrected chi connectivity index (χ4v) is 4.83. The first-order chi connectivity index (χ1) is 28.2. The lowest BCUT2D eigenvalue weighted by atomic mass is 10.1. The van der Waals surface area contributed by atoms with Gasteiger partial charge in [0.1, 0.15) is 19.3 Å². The molecule has 0 radical (unpaired) electrons. The Labute approximate surface area is 352 Å². The summed E-state index contributed by atoms with van der Waals surface area (Å²) in [5, 5.41) is 21.2. The van der Waals surface area contributed by atoms with Gasteiger partial charge < -0.3 is 33.7 Å². The van der Waals surface area contributed by atoms with E-state index >= 15 is 0 Å². The molecule has 0 aliphatic heterocycles. The van der Waals surface area contributed by atoms with Crippen molar-refractivity contribution in [2.75, 3.05) is 47.5 Å². The van der Waals surface area contributed by atoms with Gasteiger partial charge in [0, 0.05) is 6.42 Å². The third-order valence-electron chi connectivity index (χ3n) is 8.14. The number of esters is 1. The maximum absolute atomic E-state index is 12.0. The maximum atomic E-state index is 12.0. The third-order valence-corrected chi connectivity index (χ3v) is 8.14. The molecular weight excluding hydrogens is 727 g/mol. The summed E-state index contributed by atoms with van der Waals surface area (Å²) in [4.78, 5) is 23.2. The van der Waals surface area contributed by atoms with Crippen LogP contribution >= 0.6 is 0 Å². The number of quaternary nitrogens is 1. The van der Waals surface area contributed by atoms with Crippen LogP contribution in [0.25, 0.3) is 0 Å². The molecule has 0 heterocycles. The highest BCUT2D eigenvalue weighted by molar-refractivity contribution is 5.69. The number of allylic oxidation sites excluding steroid dienone is 22. The van der Waals surface area contributed by atoms with E-state index in [4.69, 9.17) is 14.2 Å². The quantitative estimate of drug-likeness (QED) is 0.0219. The summed E-state index contributed by atoms with van der Waals surface area (Å²) in [6.07, 6.45) is 60.5. The van der Waals surface area contributed by atoms with Crippen molar-refractivity contribution in [1.29, 1.82) is 0 Å². The topological polar surface area (TPSA) is 105 Å². The second kappa shape index (κ2) is 41.1. The summed E-state index contributed by atoms with van der Waals surface area (Å²) < 4.78 is 16.0. The molecule has 0 aromatic rings. The maximum Gasteiger partial charge on any atom is 0.305 e. The molecule has 0 spiro atoms. The van der Waals surface area contributed by atoms with Crippen molar-refractivity contribution < 1.29 is 38.5 Å². The van der Waals surface area contributed by atoms with E-state index in [1.54, 1.807) is 0 Å². The van der Waals surface area contributed by atoms with Crippen LogP contribution in [0.15, 0.2) is 134 Å². The number of carbonyl (C=O) groups excluding carboxylic acids is 2. The number of likely N-dealkylation sites (N-methyl/N-ethyl adjacent to an activating group) is 1. The highest BCUT2D eigenvalue weighted by Crippen LogP contribution is 2.07. The minimum Gasteiger partial charge on any atom is -0.545 e. The molecule has 0 aromatic carbocycles. The number of hydrogen-bond donors (Lipinski definition) is 1. The van der Waals surface area contributed by atoms with Crippen molar-refractivity contribution in [2.24, 2.45) is 0 Å². The van der Waals surface area contributed by atoms with Gasteiger partial charge in [-0.05, 0) is 89.9 Å². The first-order valence-electron chi connectivity index (χ1n) is 21.4. The van der Waals surface area contributed by atoms with Crippen LogP contribution in [0.2, 0.25) is 0 Å². The molecule has 0 aliphatic rings. The van der Waals surface area contributed by atoms with Crippen LogP contribution in [0.4, 0.5) is 0 Å². The zero-order chi connectivity index (χ0) is 42.6. The van der Waals surface area contributed by atoms with Crippen LogP contribution in [0.1, 0.15) is 110 Å². The van der Waals surface area contributed by atoms with Gasteiger partial charge in [0.05, 0.1) is 40.3 Å². The normalized spacial score (nSPS) is 14.4. The molecule has 2 unspecified atom stereocenters. The molecule has 0 saturated carbocycles. The van der Waals surface area contributed by atoms with Gasteiger partial charge in [-0.25, -0.2) is 0 Å². The molecule has 0 amide bonds. The predicted octanol–water partition coefficient (Wildman–Crippen LogP) is 10.1. The Morgan fingerprint density at radius 1 is 0.534 bits per heavy atom. The predicted molar refractivity (Wildman–Crippen MR) is 241 cm³/mol. The number of rotatable bonds is 37. The van der Waals surface area contributed by atoms with E-state index in [1.807, 2.05) is 21.1 Å². The van der Waals surface area contributed by atoms with Crippen LogP contribution in [-0.4, -0.2) is 81.4 Å². The number of carboxylic acids is 1. The number of carboxylic acid groups (broad SMARTS) is 1. The van der Waals surface area contributed by atoms with Gasteiger partial charge in [0.25, 0.3) is 0 Å². The third kappa shape index (κ3) is 43.1. The number of nitrogens with zero attached hydrogens (tertiary/aromatic N) is 1. The number of unbranched alkanes of at least 4 members (excludes halogenated alkanes) is 3. The standard InChI is InChI=1S/C50H77NO7/c1-5-6-7-8-9-10-11-12-13-14-15-16-17-18-19-20-21-22-23-24-25-26-27-28-29-30-31-32-33-34-35-36-37-38-39-40-41-42-48(53)57-45-47(52)46-58-50(49(54)55)56-44-43-51(2,3)4/h6-7,9-10,12-13,15-16,18-19,21-22,24-25,27-28,30-31,33-34,36-37,47,50,52H,5,8,11,14,17,20,23,26,29,32,35,38-46H2,1-4H3/b7-6-,10-9-,13-12-,16-15-,19-18-,22-21-,25-24-,28-27-,31-30-,34-33-,37-36-. The van der Waals surface area contributed by atoms with Crippen molar-refractivity contribution in [3.8, 4) is 0 Å². The Morgan fingerprint density at radius 2 is 0.914 bits per heavy atom. The second-order valence-electron chi connectivity index (χ2n) is 14.8. The SMILES string of the molecule is CC/C=C\C/C=C\C/C=C\C/C=C\C/C=C\C/C=C\C/C=C\C/C=C\C/C=C\C/C=C\C/C=C\CCCCCC(=O)OCC(O)COC(OCC[N+](C)(C)C)C(=O)[O-]. The monoisotopic (exact) mass is 804 g/mol. The molecule has 0 aliphatic carbocycles. The molecule has 0 rings (SSSR count). The lowest BCUT2D eigenvalue weighted by molar-refractivity contribution is -0.870. The molecule has 0 fully saturated rings. The molecule has 8 heteroatoms. The van der Waals surface area contributed by atoms with Crippen LogP contribution in [0, 0.1) is 0 Å². The number of aliphatic hydroxyl groups is 1. The van der Waals surface area contributed by atoms with Gasteiger partial charge in [-0.15, -0.1) is 0 Å².